The summed E-state index contributed by atoms with van der Waals surface area (Å²) in [4.78, 5) is 27.1. The van der Waals surface area contributed by atoms with E-state index in [1.165, 1.54) is 17.6 Å². The van der Waals surface area contributed by atoms with E-state index in [4.69, 9.17) is 11.6 Å². The van der Waals surface area contributed by atoms with Crippen LogP contribution in [-0.2, 0) is 10.2 Å². The Hall–Kier alpha value is -3.85. The van der Waals surface area contributed by atoms with Crippen LogP contribution in [0.2, 0.25) is 5.02 Å². The first-order valence-corrected chi connectivity index (χ1v) is 10.6. The van der Waals surface area contributed by atoms with Crippen molar-refractivity contribution in [2.75, 3.05) is 10.6 Å². The number of aromatic amines is 1. The fourth-order valence-corrected chi connectivity index (χ4v) is 3.79. The summed E-state index contributed by atoms with van der Waals surface area (Å²) in [5.74, 6) is -0.271. The van der Waals surface area contributed by atoms with E-state index in [0.717, 1.165) is 0 Å². The second kappa shape index (κ2) is 8.25. The standard InChI is InChI=1S/C23H23ClN6O3/c1-12(31)25-14-7-5-6-13(10-14)22(33)26-15-8-9-17(32)16(11-15)20-27-21-18(24)19(23(2,3)4)28-30(21)29-20/h5-11,32H,1-4H3,(H,25,31)(H,26,33)(H,27,29). The minimum Gasteiger partial charge on any atom is -0.507 e. The maximum absolute atomic E-state index is 12.7. The van der Waals surface area contributed by atoms with Gasteiger partial charge in [-0.15, -0.1) is 9.73 Å². The minimum absolute atomic E-state index is 0.0233. The topological polar surface area (TPSA) is 124 Å². The zero-order valence-corrected chi connectivity index (χ0v) is 19.3. The molecule has 33 heavy (non-hydrogen) atoms. The molecule has 4 rings (SSSR count). The number of carbonyl (C=O) groups is 2. The van der Waals surface area contributed by atoms with Gasteiger partial charge >= 0.3 is 0 Å². The average Bonchev–Trinajstić information content (AvgIpc) is 3.28. The van der Waals surface area contributed by atoms with Crippen LogP contribution in [-0.4, -0.2) is 36.7 Å². The molecule has 0 unspecified atom stereocenters. The minimum atomic E-state index is -0.369. The Morgan fingerprint density at radius 1 is 1.06 bits per heavy atom. The number of aromatic hydroxyl groups is 1. The zero-order valence-electron chi connectivity index (χ0n) is 18.5. The predicted octanol–water partition coefficient (Wildman–Crippen LogP) is 4.59. The highest BCUT2D eigenvalue weighted by molar-refractivity contribution is 6.34. The summed E-state index contributed by atoms with van der Waals surface area (Å²) >= 11 is 6.49. The number of phenols is 1. The van der Waals surface area contributed by atoms with Crippen LogP contribution in [0.5, 0.6) is 5.75 Å². The number of nitrogens with one attached hydrogen (secondary N) is 3. The Labute approximate surface area is 194 Å². The second-order valence-corrected chi connectivity index (χ2v) is 9.05. The molecule has 4 aromatic rings. The molecule has 0 aliphatic carbocycles. The molecule has 4 N–H and O–H groups in total. The molecular weight excluding hydrogens is 444 g/mol. The van der Waals surface area contributed by atoms with E-state index in [0.29, 0.717) is 44.7 Å². The van der Waals surface area contributed by atoms with Gasteiger partial charge in [0.1, 0.15) is 10.8 Å². The molecule has 0 radical (unpaired) electrons. The number of nitrogens with zero attached hydrogens (tertiary/aromatic N) is 3. The highest BCUT2D eigenvalue weighted by Gasteiger charge is 2.25. The van der Waals surface area contributed by atoms with Crippen LogP contribution >= 0.6 is 11.6 Å². The van der Waals surface area contributed by atoms with E-state index in [-0.39, 0.29) is 23.0 Å². The third-order valence-electron chi connectivity index (χ3n) is 4.91. The third-order valence-corrected chi connectivity index (χ3v) is 5.27. The van der Waals surface area contributed by atoms with Gasteiger partial charge < -0.3 is 20.7 Å². The zero-order chi connectivity index (χ0) is 23.9. The number of benzene rings is 2. The van der Waals surface area contributed by atoms with Crippen molar-refractivity contribution >= 4 is 40.4 Å². The van der Waals surface area contributed by atoms with Gasteiger partial charge in [-0.05, 0) is 36.4 Å². The summed E-state index contributed by atoms with van der Waals surface area (Å²) < 4.78 is 1.40. The molecule has 0 atom stereocenters. The van der Waals surface area contributed by atoms with Crippen LogP contribution in [0.1, 0.15) is 43.7 Å². The van der Waals surface area contributed by atoms with Crippen molar-refractivity contribution in [1.29, 1.82) is 0 Å². The van der Waals surface area contributed by atoms with Gasteiger partial charge in [-0.25, -0.2) is 0 Å². The Kier molecular flexibility index (Phi) is 5.59. The fourth-order valence-electron chi connectivity index (χ4n) is 3.35. The van der Waals surface area contributed by atoms with Crippen molar-refractivity contribution in [2.45, 2.75) is 33.1 Å². The van der Waals surface area contributed by atoms with E-state index in [9.17, 15) is 14.7 Å². The van der Waals surface area contributed by atoms with Crippen LogP contribution in [0.25, 0.3) is 17.0 Å². The van der Waals surface area contributed by atoms with Crippen LogP contribution < -0.4 is 10.6 Å². The lowest BCUT2D eigenvalue weighted by Gasteiger charge is -2.14. The molecular formula is C23H23ClN6O3. The summed E-state index contributed by atoms with van der Waals surface area (Å²) in [6, 6.07) is 11.2. The Balaban J connectivity index is 1.62. The van der Waals surface area contributed by atoms with E-state index < -0.39 is 0 Å². The Bertz CT molecular complexity index is 1380. The molecule has 0 fully saturated rings. The summed E-state index contributed by atoms with van der Waals surface area (Å²) in [6.45, 7) is 7.41. The highest BCUT2D eigenvalue weighted by Crippen LogP contribution is 2.34. The number of H-pyrrole nitrogens is 1. The van der Waals surface area contributed by atoms with Gasteiger partial charge in [0.25, 0.3) is 5.91 Å². The van der Waals surface area contributed by atoms with Crippen molar-refractivity contribution in [1.82, 2.24) is 19.8 Å². The molecule has 9 nitrogen and oxygen atoms in total. The van der Waals surface area contributed by atoms with E-state index >= 15 is 0 Å². The molecule has 2 heterocycles. The van der Waals surface area contributed by atoms with Gasteiger partial charge in [-0.1, -0.05) is 38.4 Å². The first-order chi connectivity index (χ1) is 15.5. The number of halogens is 1. The van der Waals surface area contributed by atoms with Crippen LogP contribution in [0, 0.1) is 0 Å². The normalized spacial score (nSPS) is 11.5. The van der Waals surface area contributed by atoms with Crippen LogP contribution in [0.15, 0.2) is 42.5 Å². The summed E-state index contributed by atoms with van der Waals surface area (Å²) in [7, 11) is 0. The van der Waals surface area contributed by atoms with E-state index in [2.05, 4.69) is 25.8 Å². The number of hydrogen-bond donors (Lipinski definition) is 4. The lowest BCUT2D eigenvalue weighted by Crippen LogP contribution is -2.13. The monoisotopic (exact) mass is 466 g/mol. The molecule has 10 heteroatoms. The van der Waals surface area contributed by atoms with Gasteiger partial charge in [0.2, 0.25) is 5.91 Å². The molecule has 170 valence electrons. The van der Waals surface area contributed by atoms with Crippen molar-refractivity contribution in [3.05, 3.63) is 58.7 Å². The van der Waals surface area contributed by atoms with Gasteiger partial charge in [-0.2, -0.15) is 5.10 Å². The number of carbonyl (C=O) groups excluding carboxylic acids is 2. The number of aromatic nitrogens is 4. The van der Waals surface area contributed by atoms with Gasteiger partial charge in [0, 0.05) is 29.3 Å². The summed E-state index contributed by atoms with van der Waals surface area (Å²) in [6.07, 6.45) is 0. The van der Waals surface area contributed by atoms with Crippen molar-refractivity contribution in [2.24, 2.45) is 0 Å². The molecule has 0 saturated carbocycles. The predicted molar refractivity (Wildman–Crippen MR) is 127 cm³/mol. The molecule has 0 saturated heterocycles. The molecule has 0 aliphatic rings. The fraction of sp³-hybridized carbons (Fsp3) is 0.217. The van der Waals surface area contributed by atoms with Crippen molar-refractivity contribution in [3.63, 3.8) is 0 Å². The first kappa shape index (κ1) is 22.3. The van der Waals surface area contributed by atoms with Crippen molar-refractivity contribution < 1.29 is 14.7 Å². The van der Waals surface area contributed by atoms with Crippen molar-refractivity contribution in [3.8, 4) is 17.1 Å². The van der Waals surface area contributed by atoms with Gasteiger partial charge in [0.15, 0.2) is 11.5 Å². The molecule has 2 aromatic carbocycles. The maximum atomic E-state index is 12.7. The number of amides is 2. The quantitative estimate of drug-likeness (QED) is 0.327. The largest absolute Gasteiger partial charge is 0.507 e. The maximum Gasteiger partial charge on any atom is 0.255 e. The lowest BCUT2D eigenvalue weighted by molar-refractivity contribution is -0.114. The van der Waals surface area contributed by atoms with Crippen LogP contribution in [0.4, 0.5) is 11.4 Å². The number of phenolic OH excluding ortho intramolecular Hbond substituents is 1. The molecule has 0 spiro atoms. The molecule has 0 bridgehead atoms. The number of anilines is 2. The smallest absolute Gasteiger partial charge is 0.255 e. The van der Waals surface area contributed by atoms with Crippen LogP contribution in [0.3, 0.4) is 0 Å². The Morgan fingerprint density at radius 2 is 1.79 bits per heavy atom. The Morgan fingerprint density at radius 3 is 2.45 bits per heavy atom. The third kappa shape index (κ3) is 4.54. The number of fused-ring (bicyclic) bond motifs is 1. The first-order valence-electron chi connectivity index (χ1n) is 10.2. The molecule has 2 aromatic heterocycles. The number of hydrogen-bond acceptors (Lipinski definition) is 5. The highest BCUT2D eigenvalue weighted by atomic mass is 35.5. The summed E-state index contributed by atoms with van der Waals surface area (Å²) in [5.41, 5.74) is 2.68. The molecule has 0 aliphatic heterocycles. The second-order valence-electron chi connectivity index (χ2n) is 8.67. The van der Waals surface area contributed by atoms with E-state index in [1.54, 1.807) is 36.4 Å². The van der Waals surface area contributed by atoms with Gasteiger partial charge in [0.05, 0.1) is 11.3 Å². The lowest BCUT2D eigenvalue weighted by atomic mass is 9.92. The summed E-state index contributed by atoms with van der Waals surface area (Å²) in [5, 5.41) is 25.2. The average molecular weight is 467 g/mol. The SMILES string of the molecule is CC(=O)Nc1cccc(C(=O)Nc2ccc(O)c(-c3nn4nc(C(C)(C)C)c(Cl)c4[nH]3)c2)c1. The molecule has 2 amide bonds. The van der Waals surface area contributed by atoms with E-state index in [1.807, 2.05) is 20.8 Å². The van der Waals surface area contributed by atoms with Gasteiger partial charge in [-0.3, -0.25) is 9.59 Å². The number of rotatable bonds is 4.